The van der Waals surface area contributed by atoms with Gasteiger partial charge in [0.05, 0.1) is 18.0 Å². The van der Waals surface area contributed by atoms with Crippen LogP contribution in [0.1, 0.15) is 25.7 Å². The molecule has 2 aliphatic rings. The average Bonchev–Trinajstić information content (AvgIpc) is 3.08. The first-order valence-corrected chi connectivity index (χ1v) is 10.6. The summed E-state index contributed by atoms with van der Waals surface area (Å²) in [5.74, 6) is -0.324. The Morgan fingerprint density at radius 1 is 1.41 bits per heavy atom. The minimum Gasteiger partial charge on any atom is -0.481 e. The number of aliphatic carboxylic acids is 1. The Kier molecular flexibility index (Phi) is 7.37. The van der Waals surface area contributed by atoms with Gasteiger partial charge in [0.2, 0.25) is 5.91 Å². The maximum atomic E-state index is 12.8. The molecule has 2 aliphatic heterocycles. The van der Waals surface area contributed by atoms with Gasteiger partial charge in [-0.3, -0.25) is 9.59 Å². The lowest BCUT2D eigenvalue weighted by Gasteiger charge is -2.40. The molecule has 0 aromatic heterocycles. The molecule has 0 saturated carbocycles. The third-order valence-electron chi connectivity index (χ3n) is 5.95. The van der Waals surface area contributed by atoms with Gasteiger partial charge < -0.3 is 31.1 Å². The standard InChI is InChI=1S/C17H30BN3O5S/c1-12(3-6-18(25)26)16-5-7-20-17(16,9-14(22)23)11-21(10-16)15(24)13(19)4-8-27-2/h13,20,25-26H,1,3-11,19H2,2H3,(H,22,23)/t13-,16+,17-/m0/s1. The fourth-order valence-electron chi connectivity index (χ4n) is 4.54. The van der Waals surface area contributed by atoms with Crippen LogP contribution in [-0.4, -0.2) is 82.3 Å². The molecule has 152 valence electrons. The molecule has 3 atom stereocenters. The average molecular weight is 399 g/mol. The van der Waals surface area contributed by atoms with Gasteiger partial charge in [0.25, 0.3) is 0 Å². The SMILES string of the molecule is C=C(CCB(O)O)[C@]12CCN[C@@]1(CC(=O)O)CN(C(=O)[C@@H](N)CCSC)C2. The highest BCUT2D eigenvalue weighted by atomic mass is 32.2. The van der Waals surface area contributed by atoms with Crippen LogP contribution in [0.15, 0.2) is 12.2 Å². The zero-order chi connectivity index (χ0) is 20.2. The molecule has 1 amide bonds. The topological polar surface area (TPSA) is 136 Å². The van der Waals surface area contributed by atoms with E-state index < -0.39 is 30.1 Å². The lowest BCUT2D eigenvalue weighted by Crippen LogP contribution is -2.54. The number of carboxylic acids is 1. The van der Waals surface area contributed by atoms with Gasteiger partial charge in [0.1, 0.15) is 0 Å². The maximum Gasteiger partial charge on any atom is 0.451 e. The molecule has 8 nitrogen and oxygen atoms in total. The molecule has 10 heteroatoms. The normalized spacial score (nSPS) is 28.1. The van der Waals surface area contributed by atoms with E-state index in [9.17, 15) is 24.7 Å². The van der Waals surface area contributed by atoms with Crippen molar-refractivity contribution in [3.05, 3.63) is 12.2 Å². The number of nitrogens with one attached hydrogen (secondary N) is 1. The van der Waals surface area contributed by atoms with Crippen molar-refractivity contribution in [2.45, 2.75) is 43.6 Å². The van der Waals surface area contributed by atoms with E-state index in [4.69, 9.17) is 5.73 Å². The van der Waals surface area contributed by atoms with Crippen molar-refractivity contribution in [2.24, 2.45) is 11.1 Å². The van der Waals surface area contributed by atoms with E-state index in [0.29, 0.717) is 32.4 Å². The summed E-state index contributed by atoms with van der Waals surface area (Å²) < 4.78 is 0. The molecule has 0 unspecified atom stereocenters. The van der Waals surface area contributed by atoms with Gasteiger partial charge in [-0.05, 0) is 44.1 Å². The highest BCUT2D eigenvalue weighted by molar-refractivity contribution is 7.98. The molecular weight excluding hydrogens is 369 g/mol. The molecule has 2 fully saturated rings. The fourth-order valence-corrected chi connectivity index (χ4v) is 5.03. The molecule has 2 rings (SSSR count). The number of carbonyl (C=O) groups excluding carboxylic acids is 1. The second-order valence-corrected chi connectivity index (χ2v) is 8.60. The Bertz CT molecular complexity index is 593. The van der Waals surface area contributed by atoms with Crippen LogP contribution >= 0.6 is 11.8 Å². The van der Waals surface area contributed by atoms with Crippen LogP contribution in [0.25, 0.3) is 0 Å². The van der Waals surface area contributed by atoms with E-state index in [0.717, 1.165) is 11.3 Å². The van der Waals surface area contributed by atoms with E-state index in [-0.39, 0.29) is 25.2 Å². The number of nitrogens with zero attached hydrogens (tertiary/aromatic N) is 1. The van der Waals surface area contributed by atoms with Gasteiger partial charge in [-0.2, -0.15) is 11.8 Å². The number of carbonyl (C=O) groups is 2. The summed E-state index contributed by atoms with van der Waals surface area (Å²) in [6, 6.07) is -0.609. The number of nitrogens with two attached hydrogens (primary N) is 1. The maximum absolute atomic E-state index is 12.8. The van der Waals surface area contributed by atoms with Crippen LogP contribution in [-0.2, 0) is 9.59 Å². The second kappa shape index (κ2) is 8.96. The van der Waals surface area contributed by atoms with Gasteiger partial charge in [0.15, 0.2) is 0 Å². The minimum absolute atomic E-state index is 0.127. The molecule has 0 aromatic rings. The van der Waals surface area contributed by atoms with Crippen LogP contribution in [0.3, 0.4) is 0 Å². The van der Waals surface area contributed by atoms with Gasteiger partial charge in [0, 0.05) is 18.5 Å². The monoisotopic (exact) mass is 399 g/mol. The predicted octanol–water partition coefficient (Wildman–Crippen LogP) is -0.479. The van der Waals surface area contributed by atoms with Crippen molar-refractivity contribution in [1.82, 2.24) is 10.2 Å². The van der Waals surface area contributed by atoms with E-state index in [2.05, 4.69) is 11.9 Å². The zero-order valence-electron chi connectivity index (χ0n) is 15.8. The third kappa shape index (κ3) is 4.51. The first-order valence-electron chi connectivity index (χ1n) is 9.22. The molecule has 0 aliphatic carbocycles. The Morgan fingerprint density at radius 2 is 2.11 bits per heavy atom. The first-order chi connectivity index (χ1) is 12.7. The number of hydrogen-bond acceptors (Lipinski definition) is 7. The highest BCUT2D eigenvalue weighted by Gasteiger charge is 2.63. The van der Waals surface area contributed by atoms with Gasteiger partial charge in [-0.25, -0.2) is 0 Å². The molecule has 0 radical (unpaired) electrons. The van der Waals surface area contributed by atoms with Crippen LogP contribution < -0.4 is 11.1 Å². The van der Waals surface area contributed by atoms with E-state index in [1.807, 2.05) is 6.26 Å². The summed E-state index contributed by atoms with van der Waals surface area (Å²) in [6.07, 6.45) is 3.55. The van der Waals surface area contributed by atoms with E-state index in [1.54, 1.807) is 16.7 Å². The molecule has 0 bridgehead atoms. The Morgan fingerprint density at radius 3 is 2.70 bits per heavy atom. The fraction of sp³-hybridized carbons (Fsp3) is 0.765. The number of thioether (sulfide) groups is 1. The Hall–Kier alpha value is -1.07. The van der Waals surface area contributed by atoms with Crippen molar-refractivity contribution in [1.29, 1.82) is 0 Å². The molecule has 6 N–H and O–H groups in total. The number of amides is 1. The Balaban J connectivity index is 2.26. The van der Waals surface area contributed by atoms with E-state index >= 15 is 0 Å². The molecule has 2 heterocycles. The lowest BCUT2D eigenvalue weighted by molar-refractivity contribution is -0.139. The van der Waals surface area contributed by atoms with Crippen LogP contribution in [0, 0.1) is 5.41 Å². The molecule has 0 aromatic carbocycles. The van der Waals surface area contributed by atoms with Crippen molar-refractivity contribution >= 4 is 30.8 Å². The Labute approximate surface area is 164 Å². The number of likely N-dealkylation sites (tertiary alicyclic amines) is 1. The highest BCUT2D eigenvalue weighted by Crippen LogP contribution is 2.53. The summed E-state index contributed by atoms with van der Waals surface area (Å²) in [7, 11) is -1.44. The molecule has 0 spiro atoms. The molecule has 27 heavy (non-hydrogen) atoms. The summed E-state index contributed by atoms with van der Waals surface area (Å²) in [4.78, 5) is 26.1. The van der Waals surface area contributed by atoms with Crippen LogP contribution in [0.4, 0.5) is 0 Å². The number of fused-ring (bicyclic) bond motifs is 1. The lowest BCUT2D eigenvalue weighted by atomic mass is 9.64. The summed E-state index contributed by atoms with van der Waals surface area (Å²) in [5.41, 5.74) is 5.42. The van der Waals surface area contributed by atoms with Crippen LogP contribution in [0.5, 0.6) is 0 Å². The summed E-state index contributed by atoms with van der Waals surface area (Å²) in [5, 5.41) is 31.3. The zero-order valence-corrected chi connectivity index (χ0v) is 16.6. The second-order valence-electron chi connectivity index (χ2n) is 7.62. The molecule has 2 saturated heterocycles. The van der Waals surface area contributed by atoms with Gasteiger partial charge in [-0.1, -0.05) is 12.2 Å². The van der Waals surface area contributed by atoms with Gasteiger partial charge in [-0.15, -0.1) is 0 Å². The van der Waals surface area contributed by atoms with Gasteiger partial charge >= 0.3 is 13.1 Å². The largest absolute Gasteiger partial charge is 0.481 e. The van der Waals surface area contributed by atoms with Crippen molar-refractivity contribution < 1.29 is 24.7 Å². The van der Waals surface area contributed by atoms with Crippen molar-refractivity contribution in [3.63, 3.8) is 0 Å². The number of carboxylic acid groups (broad SMARTS) is 1. The van der Waals surface area contributed by atoms with E-state index in [1.165, 1.54) is 0 Å². The minimum atomic E-state index is -1.44. The van der Waals surface area contributed by atoms with Crippen LogP contribution in [0.2, 0.25) is 6.32 Å². The first kappa shape index (κ1) is 22.2. The van der Waals surface area contributed by atoms with Crippen molar-refractivity contribution in [2.75, 3.05) is 31.6 Å². The third-order valence-corrected chi connectivity index (χ3v) is 6.59. The number of hydrogen-bond donors (Lipinski definition) is 5. The smallest absolute Gasteiger partial charge is 0.451 e. The van der Waals surface area contributed by atoms with Crippen molar-refractivity contribution in [3.8, 4) is 0 Å². The quantitative estimate of drug-likeness (QED) is 0.246. The molecular formula is C17H30BN3O5S. The number of rotatable bonds is 10. The summed E-state index contributed by atoms with van der Waals surface area (Å²) >= 11 is 1.63. The predicted molar refractivity (Wildman–Crippen MR) is 106 cm³/mol. The summed E-state index contributed by atoms with van der Waals surface area (Å²) in [6.45, 7) is 5.42.